The van der Waals surface area contributed by atoms with E-state index in [9.17, 15) is 0 Å². The van der Waals surface area contributed by atoms with Crippen LogP contribution in [0.15, 0.2) is 12.4 Å². The van der Waals surface area contributed by atoms with Crippen molar-refractivity contribution in [2.45, 2.75) is 65.0 Å². The fraction of sp³-hybridized carbons (Fsp3) is 0.786. The lowest BCUT2D eigenvalue weighted by atomic mass is 9.71. The number of aromatic nitrogens is 2. The number of nitrogens with zero attached hydrogens (tertiary/aromatic N) is 2. The molecular weight excluding hydrogens is 210 g/mol. The number of hydrogen-bond acceptors (Lipinski definition) is 2. The van der Waals surface area contributed by atoms with E-state index < -0.39 is 0 Å². The smallest absolute Gasteiger partial charge is 0.111 e. The molecule has 17 heavy (non-hydrogen) atoms. The normalized spacial score (nSPS) is 28.6. The van der Waals surface area contributed by atoms with E-state index in [4.69, 9.17) is 5.73 Å². The summed E-state index contributed by atoms with van der Waals surface area (Å²) in [6.07, 6.45) is 7.68. The summed E-state index contributed by atoms with van der Waals surface area (Å²) in [5.41, 5.74) is 6.71. The van der Waals surface area contributed by atoms with E-state index in [0.29, 0.717) is 12.0 Å². The van der Waals surface area contributed by atoms with Crippen molar-refractivity contribution in [1.29, 1.82) is 0 Å². The predicted molar refractivity (Wildman–Crippen MR) is 71.0 cm³/mol. The summed E-state index contributed by atoms with van der Waals surface area (Å²) in [7, 11) is 0. The van der Waals surface area contributed by atoms with Crippen LogP contribution in [0, 0.1) is 5.41 Å². The Morgan fingerprint density at radius 3 is 2.82 bits per heavy atom. The molecule has 2 N–H and O–H groups in total. The summed E-state index contributed by atoms with van der Waals surface area (Å²) in [6, 6.07) is 0.640. The minimum Gasteiger partial charge on any atom is -0.330 e. The van der Waals surface area contributed by atoms with Crippen LogP contribution in [0.2, 0.25) is 0 Å². The molecule has 3 heteroatoms. The first-order chi connectivity index (χ1) is 7.93. The fourth-order valence-corrected chi connectivity index (χ4v) is 3.00. The molecule has 1 saturated carbocycles. The van der Waals surface area contributed by atoms with Gasteiger partial charge in [-0.25, -0.2) is 4.98 Å². The third kappa shape index (κ3) is 2.25. The van der Waals surface area contributed by atoms with Crippen LogP contribution in [0.5, 0.6) is 0 Å². The molecule has 0 spiro atoms. The van der Waals surface area contributed by atoms with Crippen molar-refractivity contribution >= 4 is 0 Å². The zero-order chi connectivity index (χ0) is 12.6. The van der Waals surface area contributed by atoms with Crippen molar-refractivity contribution in [3.8, 4) is 0 Å². The SMILES string of the molecule is CC(C)c1nccn1C1CCCC(C)(C)C1N. The van der Waals surface area contributed by atoms with E-state index in [-0.39, 0.29) is 11.5 Å². The van der Waals surface area contributed by atoms with E-state index in [1.165, 1.54) is 25.1 Å². The molecule has 96 valence electrons. The maximum absolute atomic E-state index is 6.47. The molecule has 1 fully saturated rings. The van der Waals surface area contributed by atoms with Gasteiger partial charge in [0, 0.05) is 24.4 Å². The molecule has 0 bridgehead atoms. The van der Waals surface area contributed by atoms with E-state index in [0.717, 1.165) is 0 Å². The summed E-state index contributed by atoms with van der Waals surface area (Å²) in [4.78, 5) is 4.48. The number of rotatable bonds is 2. The maximum Gasteiger partial charge on any atom is 0.111 e. The summed E-state index contributed by atoms with van der Waals surface area (Å²) in [5.74, 6) is 1.63. The topological polar surface area (TPSA) is 43.8 Å². The Hall–Kier alpha value is -0.830. The van der Waals surface area contributed by atoms with Gasteiger partial charge in [0.05, 0.1) is 6.04 Å². The summed E-state index contributed by atoms with van der Waals surface area (Å²) in [6.45, 7) is 8.96. The predicted octanol–water partition coefficient (Wildman–Crippen LogP) is 3.09. The highest BCUT2D eigenvalue weighted by molar-refractivity contribution is 5.04. The number of imidazole rings is 1. The molecule has 0 saturated heterocycles. The average molecular weight is 235 g/mol. The summed E-state index contributed by atoms with van der Waals surface area (Å²) >= 11 is 0. The Morgan fingerprint density at radius 2 is 2.18 bits per heavy atom. The molecule has 1 heterocycles. The van der Waals surface area contributed by atoms with Crippen molar-refractivity contribution < 1.29 is 0 Å². The Balaban J connectivity index is 2.30. The van der Waals surface area contributed by atoms with Gasteiger partial charge in [0.25, 0.3) is 0 Å². The fourth-order valence-electron chi connectivity index (χ4n) is 3.00. The van der Waals surface area contributed by atoms with Crippen LogP contribution in [0.4, 0.5) is 0 Å². The van der Waals surface area contributed by atoms with Crippen molar-refractivity contribution in [3.05, 3.63) is 18.2 Å². The van der Waals surface area contributed by atoms with Gasteiger partial charge in [0.1, 0.15) is 5.82 Å². The van der Waals surface area contributed by atoms with Gasteiger partial charge in [-0.15, -0.1) is 0 Å². The Morgan fingerprint density at radius 1 is 1.47 bits per heavy atom. The van der Waals surface area contributed by atoms with Crippen molar-refractivity contribution in [3.63, 3.8) is 0 Å². The average Bonchev–Trinajstić information content (AvgIpc) is 2.70. The minimum absolute atomic E-state index is 0.225. The van der Waals surface area contributed by atoms with Gasteiger partial charge in [0.15, 0.2) is 0 Å². The zero-order valence-corrected chi connectivity index (χ0v) is 11.5. The first-order valence-electron chi connectivity index (χ1n) is 6.72. The standard InChI is InChI=1S/C14H25N3/c1-10(2)13-16-8-9-17(13)11-6-5-7-14(3,4)12(11)15/h8-12H,5-7,15H2,1-4H3. The molecule has 1 aromatic rings. The van der Waals surface area contributed by atoms with Crippen LogP contribution in [0.25, 0.3) is 0 Å². The second-order valence-electron chi connectivity index (χ2n) is 6.32. The molecule has 0 amide bonds. The maximum atomic E-state index is 6.47. The molecule has 1 aromatic heterocycles. The number of hydrogen-bond donors (Lipinski definition) is 1. The third-order valence-electron chi connectivity index (χ3n) is 4.21. The van der Waals surface area contributed by atoms with Crippen LogP contribution in [0.1, 0.15) is 64.7 Å². The molecule has 0 radical (unpaired) electrons. The highest BCUT2D eigenvalue weighted by Gasteiger charge is 2.37. The van der Waals surface area contributed by atoms with Gasteiger partial charge in [-0.3, -0.25) is 0 Å². The molecule has 3 nitrogen and oxygen atoms in total. The van der Waals surface area contributed by atoms with Gasteiger partial charge in [-0.05, 0) is 18.3 Å². The Kier molecular flexibility index (Phi) is 3.30. The van der Waals surface area contributed by atoms with Crippen LogP contribution in [-0.2, 0) is 0 Å². The quantitative estimate of drug-likeness (QED) is 0.856. The van der Waals surface area contributed by atoms with Crippen LogP contribution in [-0.4, -0.2) is 15.6 Å². The first kappa shape index (κ1) is 12.6. The molecule has 1 aliphatic rings. The molecule has 1 aliphatic carbocycles. The second-order valence-corrected chi connectivity index (χ2v) is 6.32. The van der Waals surface area contributed by atoms with Gasteiger partial charge < -0.3 is 10.3 Å². The molecule has 0 aromatic carbocycles. The van der Waals surface area contributed by atoms with E-state index in [1.807, 2.05) is 6.20 Å². The minimum atomic E-state index is 0.225. The molecule has 2 atom stereocenters. The van der Waals surface area contributed by atoms with Crippen molar-refractivity contribution in [2.24, 2.45) is 11.1 Å². The lowest BCUT2D eigenvalue weighted by molar-refractivity contribution is 0.140. The lowest BCUT2D eigenvalue weighted by Gasteiger charge is -2.43. The van der Waals surface area contributed by atoms with E-state index in [2.05, 4.69) is 43.4 Å². The molecule has 0 aliphatic heterocycles. The monoisotopic (exact) mass is 235 g/mol. The molecule has 2 unspecified atom stereocenters. The van der Waals surface area contributed by atoms with Crippen LogP contribution >= 0.6 is 0 Å². The van der Waals surface area contributed by atoms with Crippen molar-refractivity contribution in [1.82, 2.24) is 9.55 Å². The largest absolute Gasteiger partial charge is 0.330 e. The van der Waals surface area contributed by atoms with E-state index in [1.54, 1.807) is 0 Å². The van der Waals surface area contributed by atoms with Crippen LogP contribution in [0.3, 0.4) is 0 Å². The van der Waals surface area contributed by atoms with Crippen LogP contribution < -0.4 is 5.73 Å². The highest BCUT2D eigenvalue weighted by Crippen LogP contribution is 2.40. The Bertz CT molecular complexity index is 379. The summed E-state index contributed by atoms with van der Waals surface area (Å²) < 4.78 is 2.32. The zero-order valence-electron chi connectivity index (χ0n) is 11.5. The number of nitrogens with two attached hydrogens (primary N) is 1. The second kappa shape index (κ2) is 4.45. The summed E-state index contributed by atoms with van der Waals surface area (Å²) in [5, 5.41) is 0. The van der Waals surface area contributed by atoms with E-state index >= 15 is 0 Å². The molecule has 2 rings (SSSR count). The van der Waals surface area contributed by atoms with Gasteiger partial charge in [-0.2, -0.15) is 0 Å². The van der Waals surface area contributed by atoms with Crippen molar-refractivity contribution in [2.75, 3.05) is 0 Å². The highest BCUT2D eigenvalue weighted by atomic mass is 15.1. The van der Waals surface area contributed by atoms with Gasteiger partial charge in [0.2, 0.25) is 0 Å². The first-order valence-corrected chi connectivity index (χ1v) is 6.72. The molecular formula is C14H25N3. The van der Waals surface area contributed by atoms with Gasteiger partial charge >= 0.3 is 0 Å². The lowest BCUT2D eigenvalue weighted by Crippen LogP contribution is -2.47. The Labute approximate surface area is 104 Å². The third-order valence-corrected chi connectivity index (χ3v) is 4.21. The van der Waals surface area contributed by atoms with Gasteiger partial charge in [-0.1, -0.05) is 34.1 Å².